The summed E-state index contributed by atoms with van der Waals surface area (Å²) in [5.74, 6) is -1.14. The van der Waals surface area contributed by atoms with Gasteiger partial charge in [0, 0.05) is 25.9 Å². The monoisotopic (exact) mass is 424 g/mol. The molecule has 0 unspecified atom stereocenters. The predicted octanol–water partition coefficient (Wildman–Crippen LogP) is 3.63. The zero-order valence-electron chi connectivity index (χ0n) is 17.8. The highest BCUT2D eigenvalue weighted by Crippen LogP contribution is 2.44. The number of nitrogens with one attached hydrogen (secondary N) is 1. The number of rotatable bonds is 9. The highest BCUT2D eigenvalue weighted by Gasteiger charge is 2.29. The van der Waals surface area contributed by atoms with Crippen LogP contribution in [0.25, 0.3) is 11.1 Å². The fourth-order valence-corrected chi connectivity index (χ4v) is 3.94. The van der Waals surface area contributed by atoms with Crippen molar-refractivity contribution in [1.29, 1.82) is 0 Å². The third kappa shape index (κ3) is 5.42. The van der Waals surface area contributed by atoms with Crippen LogP contribution >= 0.6 is 0 Å². The van der Waals surface area contributed by atoms with E-state index in [-0.39, 0.29) is 24.9 Å². The van der Waals surface area contributed by atoms with Gasteiger partial charge in [0.1, 0.15) is 12.6 Å². The number of carboxylic acid groups (broad SMARTS) is 1. The van der Waals surface area contributed by atoms with Crippen LogP contribution in [-0.2, 0) is 14.3 Å². The summed E-state index contributed by atoms with van der Waals surface area (Å²) in [6.45, 7) is 2.23. The number of unbranched alkanes of at least 4 members (excludes halogenated alkanes) is 1. The first-order chi connectivity index (χ1) is 14.9. The van der Waals surface area contributed by atoms with Gasteiger partial charge in [-0.1, -0.05) is 48.5 Å². The second kappa shape index (κ2) is 10.1. The van der Waals surface area contributed by atoms with Gasteiger partial charge < -0.3 is 20.1 Å². The van der Waals surface area contributed by atoms with Crippen molar-refractivity contribution in [3.05, 3.63) is 59.7 Å². The highest BCUT2D eigenvalue weighted by atomic mass is 16.5. The van der Waals surface area contributed by atoms with Gasteiger partial charge in [0.15, 0.2) is 0 Å². The fourth-order valence-electron chi connectivity index (χ4n) is 3.94. The van der Waals surface area contributed by atoms with Crippen molar-refractivity contribution in [2.75, 3.05) is 20.2 Å². The van der Waals surface area contributed by atoms with Crippen LogP contribution in [0, 0.1) is 0 Å². The molecule has 2 N–H and O–H groups in total. The van der Waals surface area contributed by atoms with Crippen molar-refractivity contribution in [2.24, 2.45) is 0 Å². The van der Waals surface area contributed by atoms with Gasteiger partial charge in [-0.15, -0.1) is 0 Å². The van der Waals surface area contributed by atoms with E-state index >= 15 is 0 Å². The predicted molar refractivity (Wildman–Crippen MR) is 117 cm³/mol. The molecular formula is C24H28N2O5. The van der Waals surface area contributed by atoms with Gasteiger partial charge in [-0.25, -0.2) is 4.79 Å². The Labute approximate surface area is 182 Å². The Morgan fingerprint density at radius 2 is 1.61 bits per heavy atom. The lowest BCUT2D eigenvalue weighted by molar-refractivity contribution is -0.137. The van der Waals surface area contributed by atoms with Crippen molar-refractivity contribution >= 4 is 18.0 Å². The lowest BCUT2D eigenvalue weighted by Gasteiger charge is -2.22. The van der Waals surface area contributed by atoms with E-state index in [4.69, 9.17) is 9.84 Å². The Bertz CT molecular complexity index is 913. The normalized spacial score (nSPS) is 13.1. The summed E-state index contributed by atoms with van der Waals surface area (Å²) in [5.41, 5.74) is 4.56. The van der Waals surface area contributed by atoms with Crippen LogP contribution in [0.3, 0.4) is 0 Å². The largest absolute Gasteiger partial charge is 0.481 e. The molecule has 0 heterocycles. The molecule has 164 valence electrons. The Balaban J connectivity index is 1.51. The molecule has 31 heavy (non-hydrogen) atoms. The topological polar surface area (TPSA) is 95.9 Å². The van der Waals surface area contributed by atoms with Crippen LogP contribution in [0.15, 0.2) is 48.5 Å². The second-order valence-electron chi connectivity index (χ2n) is 7.80. The zero-order valence-corrected chi connectivity index (χ0v) is 17.8. The summed E-state index contributed by atoms with van der Waals surface area (Å²) in [6, 6.07) is 15.5. The minimum atomic E-state index is -0.848. The molecule has 0 aromatic heterocycles. The van der Waals surface area contributed by atoms with E-state index in [1.165, 1.54) is 4.90 Å². The molecule has 0 aliphatic heterocycles. The molecule has 0 saturated heterocycles. The third-order valence-electron chi connectivity index (χ3n) is 5.56. The number of fused-ring (bicyclic) bond motifs is 3. The van der Waals surface area contributed by atoms with Crippen molar-refractivity contribution in [3.8, 4) is 11.1 Å². The van der Waals surface area contributed by atoms with E-state index in [2.05, 4.69) is 17.4 Å². The summed E-state index contributed by atoms with van der Waals surface area (Å²) < 4.78 is 5.48. The van der Waals surface area contributed by atoms with Crippen LogP contribution in [0.2, 0.25) is 0 Å². The molecule has 1 aliphatic carbocycles. The molecule has 1 atom stereocenters. The van der Waals surface area contributed by atoms with E-state index in [0.717, 1.165) is 22.3 Å². The number of carbonyl (C=O) groups is 3. The molecule has 7 nitrogen and oxygen atoms in total. The standard InChI is InChI=1S/C24H28N2O5/c1-16(23(29)26(2)14-8-7-13-22(27)28)25-24(30)31-15-21-19-11-5-3-9-17(19)18-10-4-6-12-20(18)21/h3-6,9-12,16,21H,7-8,13-15H2,1-2H3,(H,25,30)(H,27,28)/t16-/m0/s1. The second-order valence-corrected chi connectivity index (χ2v) is 7.80. The molecule has 0 spiro atoms. The van der Waals surface area contributed by atoms with Crippen LogP contribution in [0.1, 0.15) is 43.2 Å². The summed E-state index contributed by atoms with van der Waals surface area (Å²) >= 11 is 0. The number of alkyl carbamates (subject to hydrolysis) is 1. The molecule has 0 radical (unpaired) electrons. The number of likely N-dealkylation sites (N-methyl/N-ethyl adjacent to an activating group) is 1. The molecule has 0 fully saturated rings. The van der Waals surface area contributed by atoms with E-state index in [0.29, 0.717) is 19.4 Å². The van der Waals surface area contributed by atoms with Gasteiger partial charge in [0.25, 0.3) is 0 Å². The molecule has 2 aromatic rings. The maximum atomic E-state index is 12.4. The summed E-state index contributed by atoms with van der Waals surface area (Å²) in [4.78, 5) is 36.8. The van der Waals surface area contributed by atoms with Crippen molar-refractivity contribution in [2.45, 2.75) is 38.1 Å². The smallest absolute Gasteiger partial charge is 0.407 e. The number of aliphatic carboxylic acids is 1. The SMILES string of the molecule is C[C@H](NC(=O)OCC1c2ccccc2-c2ccccc21)C(=O)N(C)CCCCC(=O)O. The van der Waals surface area contributed by atoms with E-state index in [1.807, 2.05) is 36.4 Å². The fraction of sp³-hybridized carbons (Fsp3) is 0.375. The van der Waals surface area contributed by atoms with E-state index in [9.17, 15) is 14.4 Å². The van der Waals surface area contributed by atoms with Crippen LogP contribution < -0.4 is 5.32 Å². The maximum Gasteiger partial charge on any atom is 0.407 e. The Morgan fingerprint density at radius 3 is 2.19 bits per heavy atom. The zero-order chi connectivity index (χ0) is 22.4. The molecular weight excluding hydrogens is 396 g/mol. The lowest BCUT2D eigenvalue weighted by Crippen LogP contribution is -2.46. The first kappa shape index (κ1) is 22.3. The van der Waals surface area contributed by atoms with Crippen LogP contribution in [0.4, 0.5) is 4.79 Å². The summed E-state index contributed by atoms with van der Waals surface area (Å²) in [6.07, 6.45) is 0.533. The Morgan fingerprint density at radius 1 is 1.03 bits per heavy atom. The van der Waals surface area contributed by atoms with E-state index in [1.54, 1.807) is 14.0 Å². The molecule has 2 aromatic carbocycles. The number of carbonyl (C=O) groups excluding carboxylic acids is 2. The minimum absolute atomic E-state index is 0.0407. The molecule has 7 heteroatoms. The van der Waals surface area contributed by atoms with Gasteiger partial charge >= 0.3 is 12.1 Å². The minimum Gasteiger partial charge on any atom is -0.481 e. The number of nitrogens with zero attached hydrogens (tertiary/aromatic N) is 1. The lowest BCUT2D eigenvalue weighted by atomic mass is 9.98. The average molecular weight is 424 g/mol. The number of hydrogen-bond donors (Lipinski definition) is 2. The van der Waals surface area contributed by atoms with Gasteiger partial charge in [-0.3, -0.25) is 9.59 Å². The van der Waals surface area contributed by atoms with Gasteiger partial charge in [0.05, 0.1) is 0 Å². The van der Waals surface area contributed by atoms with Crippen LogP contribution in [-0.4, -0.2) is 54.2 Å². The number of hydrogen-bond acceptors (Lipinski definition) is 4. The summed E-state index contributed by atoms with van der Waals surface area (Å²) in [5, 5.41) is 11.3. The Kier molecular flexibility index (Phi) is 7.28. The highest BCUT2D eigenvalue weighted by molar-refractivity contribution is 5.85. The van der Waals surface area contributed by atoms with Gasteiger partial charge in [-0.05, 0) is 42.0 Å². The maximum absolute atomic E-state index is 12.4. The molecule has 1 aliphatic rings. The molecule has 0 bridgehead atoms. The third-order valence-corrected chi connectivity index (χ3v) is 5.56. The number of benzene rings is 2. The van der Waals surface area contributed by atoms with Crippen molar-refractivity contribution < 1.29 is 24.2 Å². The number of amides is 2. The van der Waals surface area contributed by atoms with Crippen molar-refractivity contribution in [3.63, 3.8) is 0 Å². The molecule has 3 rings (SSSR count). The number of carboxylic acids is 1. The quantitative estimate of drug-likeness (QED) is 0.600. The first-order valence-corrected chi connectivity index (χ1v) is 10.5. The molecule has 0 saturated carbocycles. The van der Waals surface area contributed by atoms with Crippen molar-refractivity contribution in [1.82, 2.24) is 10.2 Å². The molecule has 2 amide bonds. The summed E-state index contributed by atoms with van der Waals surface area (Å²) in [7, 11) is 1.64. The van der Waals surface area contributed by atoms with E-state index < -0.39 is 18.1 Å². The first-order valence-electron chi connectivity index (χ1n) is 10.5. The average Bonchev–Trinajstić information content (AvgIpc) is 3.08. The van der Waals surface area contributed by atoms with Gasteiger partial charge in [-0.2, -0.15) is 0 Å². The van der Waals surface area contributed by atoms with Crippen LogP contribution in [0.5, 0.6) is 0 Å². The van der Waals surface area contributed by atoms with Gasteiger partial charge in [0.2, 0.25) is 5.91 Å². The Hall–Kier alpha value is -3.35. The number of ether oxygens (including phenoxy) is 1.